The van der Waals surface area contributed by atoms with Gasteiger partial charge in [0.15, 0.2) is 28.8 Å². The van der Waals surface area contributed by atoms with Crippen LogP contribution in [0.4, 0.5) is 0 Å². The van der Waals surface area contributed by atoms with E-state index in [-0.39, 0.29) is 39.9 Å². The molecule has 2 fully saturated rings. The largest absolute Gasteiger partial charge is 0.571 e. The van der Waals surface area contributed by atoms with Gasteiger partial charge in [-0.15, -0.1) is 0 Å². The van der Waals surface area contributed by atoms with Crippen LogP contribution in [0.3, 0.4) is 0 Å². The number of carbonyl (C=O) groups excluding carboxylic acids is 2. The number of hydrogen-bond acceptors (Lipinski definition) is 20. The SMILES string of the molecule is COc1cc(C=CC(=O)OCC2OC(OC3=Cc4c(OC5OC(COC(=O)CC(=O)O)C(O)C(O)C5O)cc(O)cc4[OH+]C3c3ccc(O)c(O)c3)C(O)C(O)C2O)ccc1O. The van der Waals surface area contributed by atoms with Gasteiger partial charge in [-0.05, 0) is 42.0 Å². The second-order valence-electron chi connectivity index (χ2n) is 14.1. The molecule has 0 spiro atoms. The average molecular weight is 876 g/mol. The maximum Gasteiger partial charge on any atom is 0.330 e. The second-order valence-corrected chi connectivity index (χ2v) is 14.1. The second kappa shape index (κ2) is 19.1. The lowest BCUT2D eigenvalue weighted by Gasteiger charge is -2.41. The normalized spacial score (nSPS) is 28.2. The molecule has 6 rings (SSSR count). The van der Waals surface area contributed by atoms with Crippen molar-refractivity contribution in [1.29, 1.82) is 0 Å². The predicted octanol–water partition coefficient (Wildman–Crippen LogP) is -0.860. The van der Waals surface area contributed by atoms with Crippen LogP contribution in [0.5, 0.6) is 40.2 Å². The fourth-order valence-electron chi connectivity index (χ4n) is 6.51. The molecule has 0 aliphatic carbocycles. The summed E-state index contributed by atoms with van der Waals surface area (Å²) in [4.78, 5) is 35.3. The van der Waals surface area contributed by atoms with Gasteiger partial charge >= 0.3 is 17.9 Å². The first kappa shape index (κ1) is 45.2. The number of carbonyl (C=O) groups is 3. The Morgan fingerprint density at radius 2 is 1.34 bits per heavy atom. The summed E-state index contributed by atoms with van der Waals surface area (Å²) in [5, 5.41) is 114. The zero-order valence-corrected chi connectivity index (χ0v) is 32.3. The van der Waals surface area contributed by atoms with E-state index in [1.807, 2.05) is 0 Å². The van der Waals surface area contributed by atoms with Crippen LogP contribution in [0.25, 0.3) is 12.2 Å². The molecule has 11 atom stereocenters. The summed E-state index contributed by atoms with van der Waals surface area (Å²) in [6, 6.07) is 10.2. The molecule has 0 amide bonds. The highest BCUT2D eigenvalue weighted by Gasteiger charge is 2.49. The summed E-state index contributed by atoms with van der Waals surface area (Å²) in [7, 11) is 1.35. The van der Waals surface area contributed by atoms with Crippen LogP contribution in [0.15, 0.2) is 60.4 Å². The average Bonchev–Trinajstić information content (AvgIpc) is 3.23. The first-order valence-corrected chi connectivity index (χ1v) is 18.6. The van der Waals surface area contributed by atoms with Gasteiger partial charge in [-0.3, -0.25) is 9.59 Å². The lowest BCUT2D eigenvalue weighted by Crippen LogP contribution is -2.60. The number of fused-ring (bicyclic) bond motifs is 1. The first-order valence-electron chi connectivity index (χ1n) is 18.6. The van der Waals surface area contributed by atoms with Gasteiger partial charge in [-0.1, -0.05) is 6.07 Å². The van der Waals surface area contributed by atoms with Gasteiger partial charge in [0.05, 0.1) is 18.7 Å². The molecule has 3 aliphatic heterocycles. The lowest BCUT2D eigenvalue weighted by atomic mass is 9.98. The number of aliphatic carboxylic acids is 1. The molecule has 22 nitrogen and oxygen atoms in total. The van der Waals surface area contributed by atoms with Crippen molar-refractivity contribution in [2.75, 3.05) is 20.3 Å². The van der Waals surface area contributed by atoms with E-state index in [4.69, 9.17) is 38.3 Å². The zero-order valence-electron chi connectivity index (χ0n) is 32.3. The van der Waals surface area contributed by atoms with Crippen LogP contribution >= 0.6 is 0 Å². The molecule has 0 saturated carbocycles. The van der Waals surface area contributed by atoms with E-state index in [0.29, 0.717) is 5.56 Å². The predicted molar refractivity (Wildman–Crippen MR) is 203 cm³/mol. The highest BCUT2D eigenvalue weighted by molar-refractivity contribution is 5.90. The lowest BCUT2D eigenvalue weighted by molar-refractivity contribution is -0.296. The molecule has 0 radical (unpaired) electrons. The van der Waals surface area contributed by atoms with E-state index in [1.165, 1.54) is 49.6 Å². The van der Waals surface area contributed by atoms with E-state index in [1.54, 1.807) is 0 Å². The van der Waals surface area contributed by atoms with Crippen LogP contribution in [-0.2, 0) is 38.1 Å². The molecule has 0 bridgehead atoms. The Morgan fingerprint density at radius 1 is 0.710 bits per heavy atom. The number of phenolic OH excluding ortho intramolecular Hbond substituents is 4. The molecule has 2 saturated heterocycles. The minimum absolute atomic E-state index is 0.00713. The molecule has 12 N–H and O–H groups in total. The fraction of sp³-hybridized carbons (Fsp3) is 0.375. The Morgan fingerprint density at radius 3 is 1.97 bits per heavy atom. The van der Waals surface area contributed by atoms with E-state index in [0.717, 1.165) is 24.3 Å². The third-order valence-electron chi connectivity index (χ3n) is 9.79. The molecule has 22 heteroatoms. The number of methoxy groups -OCH3 is 1. The highest BCUT2D eigenvalue weighted by atomic mass is 16.7. The van der Waals surface area contributed by atoms with Crippen molar-refractivity contribution in [1.82, 2.24) is 0 Å². The van der Waals surface area contributed by atoms with E-state index in [9.17, 15) is 65.4 Å². The van der Waals surface area contributed by atoms with Crippen LogP contribution in [0.2, 0.25) is 0 Å². The smallest absolute Gasteiger partial charge is 0.330 e. The molecule has 0 aromatic heterocycles. The van der Waals surface area contributed by atoms with Crippen molar-refractivity contribution in [2.24, 2.45) is 0 Å². The number of ether oxygens (including phenoxy) is 8. The Balaban J connectivity index is 1.26. The Kier molecular flexibility index (Phi) is 13.9. The number of aliphatic hydroxyl groups is 7. The summed E-state index contributed by atoms with van der Waals surface area (Å²) in [6.45, 7) is -1.42. The number of aromatic hydroxyl groups is 5. The monoisotopic (exact) mass is 875 g/mol. The van der Waals surface area contributed by atoms with Crippen molar-refractivity contribution in [3.8, 4) is 40.2 Å². The molecule has 62 heavy (non-hydrogen) atoms. The first-order chi connectivity index (χ1) is 29.4. The maximum atomic E-state index is 12.6. The number of phenols is 4. The summed E-state index contributed by atoms with van der Waals surface area (Å²) in [5.74, 6) is -5.58. The molecular formula is C40H43O22+. The number of aliphatic hydroxyl groups excluding tert-OH is 6. The van der Waals surface area contributed by atoms with Crippen molar-refractivity contribution >= 4 is 30.1 Å². The van der Waals surface area contributed by atoms with Gasteiger partial charge in [0.25, 0.3) is 11.9 Å². The number of hydrogen-bond donors (Lipinski definition) is 11. The van der Waals surface area contributed by atoms with Gasteiger partial charge in [0, 0.05) is 18.2 Å². The van der Waals surface area contributed by atoms with Gasteiger partial charge in [0.1, 0.15) is 85.5 Å². The fourth-order valence-corrected chi connectivity index (χ4v) is 6.51. The summed E-state index contributed by atoms with van der Waals surface area (Å²) in [5.41, 5.74) is 0.624. The molecule has 11 unspecified atom stereocenters. The Hall–Kier alpha value is -6.37. The van der Waals surface area contributed by atoms with Crippen LogP contribution in [0.1, 0.15) is 29.2 Å². The van der Waals surface area contributed by atoms with Gasteiger partial charge in [-0.25, -0.2) is 4.79 Å². The topological polar surface area (TPSA) is 351 Å². The van der Waals surface area contributed by atoms with Gasteiger partial charge < -0.3 is 94.1 Å². The molecule has 3 aromatic rings. The molecule has 334 valence electrons. The van der Waals surface area contributed by atoms with Crippen molar-refractivity contribution in [2.45, 2.75) is 73.9 Å². The number of esters is 2. The van der Waals surface area contributed by atoms with Crippen molar-refractivity contribution in [3.63, 3.8) is 0 Å². The highest BCUT2D eigenvalue weighted by Crippen LogP contribution is 2.47. The quantitative estimate of drug-likeness (QED) is 0.0309. The molecule has 3 aliphatic rings. The van der Waals surface area contributed by atoms with E-state index < -0.39 is 122 Å². The summed E-state index contributed by atoms with van der Waals surface area (Å²) < 4.78 is 43.1. The summed E-state index contributed by atoms with van der Waals surface area (Å²) in [6.07, 6.45) is -16.7. The van der Waals surface area contributed by atoms with Crippen molar-refractivity contribution < 1.29 is 108 Å². The summed E-state index contributed by atoms with van der Waals surface area (Å²) >= 11 is 0. The zero-order chi connectivity index (χ0) is 45.0. The minimum Gasteiger partial charge on any atom is -0.571 e. The Bertz CT molecular complexity index is 2190. The minimum atomic E-state index is -1.96. The molecule has 3 heterocycles. The van der Waals surface area contributed by atoms with Crippen LogP contribution < -0.4 is 9.47 Å². The third kappa shape index (κ3) is 10.2. The van der Waals surface area contributed by atoms with Crippen molar-refractivity contribution in [3.05, 3.63) is 77.1 Å². The van der Waals surface area contributed by atoms with E-state index in [2.05, 4.69) is 4.74 Å². The number of benzene rings is 3. The van der Waals surface area contributed by atoms with Crippen LogP contribution in [0, 0.1) is 0 Å². The molecular weight excluding hydrogens is 832 g/mol. The van der Waals surface area contributed by atoms with Gasteiger partial charge in [0.2, 0.25) is 12.6 Å². The van der Waals surface area contributed by atoms with E-state index >= 15 is 0 Å². The maximum absolute atomic E-state index is 12.6. The standard InChI is InChI=1S/C40H42O22/c1-55-25-8-16(2-5-21(25)43)3-7-30(47)56-14-27-32(49)35(52)37(54)40(62-27)60-26-12-19-23(58-38(26)17-4-6-20(42)22(44)9-17)10-18(41)11-24(19)59-39-36(53)34(51)33(50)28(61-39)15-57-31(48)13-29(45)46/h2-12,27-28,32-44,49-54H,13-15H2,1H3,(H,45,46)/p+1. The number of carboxylic acid groups (broad SMARTS) is 1. The van der Waals surface area contributed by atoms with Crippen LogP contribution in [-0.4, -0.2) is 161 Å². The number of rotatable bonds is 14. The third-order valence-corrected chi connectivity index (χ3v) is 9.79. The number of carboxylic acids is 1. The Labute approximate surface area is 349 Å². The van der Waals surface area contributed by atoms with Gasteiger partial charge in [-0.2, -0.15) is 0 Å². The molecule has 3 aromatic carbocycles.